The Morgan fingerprint density at radius 1 is 0.976 bits per heavy atom. The summed E-state index contributed by atoms with van der Waals surface area (Å²) in [6.45, 7) is 3.78. The molecule has 5 rings (SSSR count). The smallest absolute Gasteiger partial charge is 0.406 e. The number of alkyl halides is 3. The number of hydrogen-bond acceptors (Lipinski definition) is 6. The summed E-state index contributed by atoms with van der Waals surface area (Å²) in [4.78, 5) is 29.8. The lowest BCUT2D eigenvalue weighted by molar-refractivity contribution is -0.274. The van der Waals surface area contributed by atoms with E-state index in [2.05, 4.69) is 25.5 Å². The molecule has 3 aromatic carbocycles. The number of anilines is 2. The van der Waals surface area contributed by atoms with Gasteiger partial charge in [0.25, 0.3) is 5.56 Å². The van der Waals surface area contributed by atoms with Crippen molar-refractivity contribution in [1.82, 2.24) is 19.5 Å². The lowest BCUT2D eigenvalue weighted by Gasteiger charge is -2.09. The topological polar surface area (TPSA) is 116 Å². The number of aryl methyl sites for hydroxylation is 3. The molecule has 0 spiro atoms. The number of carbonyl (C=O) groups excluding carboxylic acids is 1. The molecule has 0 unspecified atom stereocenters. The van der Waals surface area contributed by atoms with E-state index >= 15 is 0 Å². The molecule has 0 aliphatic rings. The van der Waals surface area contributed by atoms with E-state index in [-0.39, 0.29) is 22.8 Å². The fourth-order valence-corrected chi connectivity index (χ4v) is 4.09. The highest BCUT2D eigenvalue weighted by atomic mass is 19.4. The first kappa shape index (κ1) is 27.2. The number of hydrogen-bond donors (Lipinski definition) is 2. The van der Waals surface area contributed by atoms with Crippen LogP contribution in [0.1, 0.15) is 11.1 Å². The Morgan fingerprint density at radius 3 is 2.37 bits per heavy atom. The van der Waals surface area contributed by atoms with Crippen LogP contribution in [0.3, 0.4) is 0 Å². The van der Waals surface area contributed by atoms with Gasteiger partial charge in [-0.25, -0.2) is 14.5 Å². The quantitative estimate of drug-likeness (QED) is 0.259. The van der Waals surface area contributed by atoms with Crippen LogP contribution in [0.5, 0.6) is 5.75 Å². The molecule has 5 aromatic rings. The molecule has 0 saturated heterocycles. The second kappa shape index (κ2) is 10.7. The number of carbonyl (C=O) groups is 1. The maximum absolute atomic E-state index is 12.8. The summed E-state index contributed by atoms with van der Waals surface area (Å²) in [6.07, 6.45) is -3.35. The molecule has 10 nitrogen and oxygen atoms in total. The van der Waals surface area contributed by atoms with Gasteiger partial charge in [0.1, 0.15) is 17.6 Å². The number of halogens is 3. The third-order valence-electron chi connectivity index (χ3n) is 6.07. The Balaban J connectivity index is 1.27. The number of aromatic nitrogens is 4. The average Bonchev–Trinajstić information content (AvgIpc) is 3.50. The molecule has 0 aliphatic carbocycles. The number of benzene rings is 3. The molecule has 0 bridgehead atoms. The molecular weight excluding hydrogens is 541 g/mol. The number of amides is 2. The first-order valence-corrected chi connectivity index (χ1v) is 12.2. The van der Waals surface area contributed by atoms with Crippen molar-refractivity contribution in [2.24, 2.45) is 7.05 Å². The van der Waals surface area contributed by atoms with Gasteiger partial charge in [-0.05, 0) is 73.5 Å². The lowest BCUT2D eigenvalue weighted by Crippen LogP contribution is -2.20. The minimum Gasteiger partial charge on any atom is -0.406 e. The Hall–Kier alpha value is -5.33. The summed E-state index contributed by atoms with van der Waals surface area (Å²) in [7, 11) is 1.46. The highest BCUT2D eigenvalue weighted by Crippen LogP contribution is 2.29. The monoisotopic (exact) mass is 564 g/mol. The standard InChI is InChI=1S/C28H23F3N6O4/c1-16-4-5-17(2)22(14-16)23-25(41-36(3)26(23)38)34-27(39)33-19-8-6-18(7-9-19)24-32-15-37(35-24)20-10-12-21(13-11-20)40-28(29,30)31/h4-15H,1-3H3,(H2,33,34,39). The normalized spacial score (nSPS) is 11.4. The second-order valence-corrected chi connectivity index (χ2v) is 9.13. The van der Waals surface area contributed by atoms with E-state index in [1.165, 1.54) is 42.3 Å². The number of urea groups is 1. The van der Waals surface area contributed by atoms with E-state index in [0.29, 0.717) is 28.3 Å². The SMILES string of the molecule is Cc1ccc(C)c(-c2c(NC(=O)Nc3ccc(-c4ncn(-c5ccc(OC(F)(F)F)cc5)n4)cc3)on(C)c2=O)c1. The van der Waals surface area contributed by atoms with Crippen LogP contribution in [0.15, 0.2) is 82.4 Å². The van der Waals surface area contributed by atoms with Gasteiger partial charge in [-0.1, -0.05) is 23.8 Å². The molecule has 0 fully saturated rings. The minimum atomic E-state index is -4.77. The van der Waals surface area contributed by atoms with E-state index in [1.807, 2.05) is 32.0 Å². The average molecular weight is 565 g/mol. The van der Waals surface area contributed by atoms with Gasteiger partial charge in [0.05, 0.1) is 5.69 Å². The van der Waals surface area contributed by atoms with E-state index < -0.39 is 12.4 Å². The van der Waals surface area contributed by atoms with Crippen molar-refractivity contribution in [2.45, 2.75) is 20.2 Å². The van der Waals surface area contributed by atoms with Crippen molar-refractivity contribution in [2.75, 3.05) is 10.6 Å². The number of nitrogens with one attached hydrogen (secondary N) is 2. The summed E-state index contributed by atoms with van der Waals surface area (Å²) in [5.74, 6) is 0.0403. The summed E-state index contributed by atoms with van der Waals surface area (Å²) >= 11 is 0. The van der Waals surface area contributed by atoms with Crippen LogP contribution in [0.2, 0.25) is 0 Å². The third kappa shape index (κ3) is 6.13. The van der Waals surface area contributed by atoms with Crippen LogP contribution >= 0.6 is 0 Å². The van der Waals surface area contributed by atoms with E-state index in [4.69, 9.17) is 4.52 Å². The zero-order chi connectivity index (χ0) is 29.3. The van der Waals surface area contributed by atoms with Crippen LogP contribution in [0.25, 0.3) is 28.2 Å². The summed E-state index contributed by atoms with van der Waals surface area (Å²) in [5, 5.41) is 9.67. The number of rotatable bonds is 6. The molecule has 2 aromatic heterocycles. The van der Waals surface area contributed by atoms with Crippen LogP contribution in [-0.4, -0.2) is 31.9 Å². The largest absolute Gasteiger partial charge is 0.573 e. The molecular formula is C28H23F3N6O4. The zero-order valence-electron chi connectivity index (χ0n) is 22.0. The molecule has 0 aliphatic heterocycles. The number of nitrogens with zero attached hydrogens (tertiary/aromatic N) is 4. The molecule has 0 atom stereocenters. The van der Waals surface area contributed by atoms with Crippen molar-refractivity contribution in [3.05, 3.63) is 94.5 Å². The maximum Gasteiger partial charge on any atom is 0.573 e. The molecule has 2 N–H and O–H groups in total. The van der Waals surface area contributed by atoms with Crippen molar-refractivity contribution in [3.8, 4) is 34.0 Å². The van der Waals surface area contributed by atoms with Crippen LogP contribution < -0.4 is 20.9 Å². The highest BCUT2D eigenvalue weighted by Gasteiger charge is 2.31. The Bertz CT molecular complexity index is 1770. The van der Waals surface area contributed by atoms with Crippen LogP contribution in [0, 0.1) is 13.8 Å². The first-order valence-electron chi connectivity index (χ1n) is 12.2. The number of ether oxygens (including phenoxy) is 1. The summed E-state index contributed by atoms with van der Waals surface area (Å²) in [5.41, 5.74) is 3.93. The van der Waals surface area contributed by atoms with Gasteiger partial charge >= 0.3 is 12.4 Å². The van der Waals surface area contributed by atoms with Gasteiger partial charge in [-0.3, -0.25) is 10.1 Å². The fourth-order valence-electron chi connectivity index (χ4n) is 4.09. The Kier molecular flexibility index (Phi) is 7.10. The second-order valence-electron chi connectivity index (χ2n) is 9.13. The summed E-state index contributed by atoms with van der Waals surface area (Å²) < 4.78 is 49.0. The molecule has 41 heavy (non-hydrogen) atoms. The molecule has 0 saturated carbocycles. The van der Waals surface area contributed by atoms with E-state index in [0.717, 1.165) is 15.9 Å². The lowest BCUT2D eigenvalue weighted by atomic mass is 10.0. The third-order valence-corrected chi connectivity index (χ3v) is 6.07. The zero-order valence-corrected chi connectivity index (χ0v) is 22.0. The predicted octanol–water partition coefficient (Wildman–Crippen LogP) is 6.05. The molecule has 2 heterocycles. The van der Waals surface area contributed by atoms with Crippen molar-refractivity contribution < 1.29 is 27.2 Å². The first-order chi connectivity index (χ1) is 19.5. The molecule has 13 heteroatoms. The molecule has 210 valence electrons. The Labute approximate surface area is 231 Å². The van der Waals surface area contributed by atoms with E-state index in [9.17, 15) is 22.8 Å². The summed E-state index contributed by atoms with van der Waals surface area (Å²) in [6, 6.07) is 17.0. The maximum atomic E-state index is 12.8. The highest BCUT2D eigenvalue weighted by molar-refractivity contribution is 6.01. The Morgan fingerprint density at radius 2 is 1.68 bits per heavy atom. The van der Waals surface area contributed by atoms with Crippen molar-refractivity contribution in [1.29, 1.82) is 0 Å². The van der Waals surface area contributed by atoms with Crippen molar-refractivity contribution >= 4 is 17.6 Å². The van der Waals surface area contributed by atoms with Gasteiger partial charge in [-0.15, -0.1) is 18.3 Å². The molecule has 2 amide bonds. The van der Waals surface area contributed by atoms with Gasteiger partial charge in [-0.2, -0.15) is 4.74 Å². The molecule has 0 radical (unpaired) electrons. The van der Waals surface area contributed by atoms with E-state index in [1.54, 1.807) is 24.3 Å². The van der Waals surface area contributed by atoms with Gasteiger partial charge < -0.3 is 14.6 Å². The van der Waals surface area contributed by atoms with Crippen LogP contribution in [-0.2, 0) is 7.05 Å². The van der Waals surface area contributed by atoms with Gasteiger partial charge in [0.15, 0.2) is 5.82 Å². The predicted molar refractivity (Wildman–Crippen MR) is 145 cm³/mol. The van der Waals surface area contributed by atoms with Gasteiger partial charge in [0, 0.05) is 18.3 Å². The fraction of sp³-hybridized carbons (Fsp3) is 0.143. The minimum absolute atomic E-state index is 0.0214. The van der Waals surface area contributed by atoms with Gasteiger partial charge in [0.2, 0.25) is 5.88 Å². The van der Waals surface area contributed by atoms with Crippen LogP contribution in [0.4, 0.5) is 29.5 Å². The van der Waals surface area contributed by atoms with Crippen molar-refractivity contribution in [3.63, 3.8) is 0 Å².